The van der Waals surface area contributed by atoms with Crippen LogP contribution in [-0.4, -0.2) is 49.3 Å². The summed E-state index contributed by atoms with van der Waals surface area (Å²) in [5.74, 6) is 1.89. The number of aromatic nitrogens is 4. The standard InChI is InChI=1S/C23H25N7O4/c1-3-15(17-10-9-13(2)33-17)24-19-20(27-22-21(26-19)28-34-29-22)25-16-8-6-7-14(18(16)31)23(32)30-11-4-5-12-30/h6-10,15,31H,3-5,11-12H2,1-2H3,(H,24,26,28)(H,25,27,29)/t15-/m1/s1. The van der Waals surface area contributed by atoms with Crippen LogP contribution < -0.4 is 10.6 Å². The van der Waals surface area contributed by atoms with Crippen molar-refractivity contribution in [2.24, 2.45) is 0 Å². The summed E-state index contributed by atoms with van der Waals surface area (Å²) in [4.78, 5) is 23.6. The van der Waals surface area contributed by atoms with Gasteiger partial charge in [-0.25, -0.2) is 14.6 Å². The van der Waals surface area contributed by atoms with Crippen molar-refractivity contribution in [3.8, 4) is 5.75 Å². The van der Waals surface area contributed by atoms with E-state index >= 15 is 0 Å². The number of carbonyl (C=O) groups is 1. The number of nitrogens with one attached hydrogen (secondary N) is 2. The van der Waals surface area contributed by atoms with Crippen molar-refractivity contribution in [2.75, 3.05) is 23.7 Å². The number of furan rings is 1. The Bertz CT molecular complexity index is 1330. The van der Waals surface area contributed by atoms with E-state index < -0.39 is 0 Å². The van der Waals surface area contributed by atoms with E-state index in [-0.39, 0.29) is 34.6 Å². The Morgan fingerprint density at radius 1 is 1.12 bits per heavy atom. The van der Waals surface area contributed by atoms with Crippen LogP contribution >= 0.6 is 0 Å². The molecule has 0 unspecified atom stereocenters. The van der Waals surface area contributed by atoms with Crippen molar-refractivity contribution in [3.63, 3.8) is 0 Å². The molecular formula is C23H25N7O4. The Kier molecular flexibility index (Phi) is 5.74. The molecule has 5 rings (SSSR count). The molecule has 11 heteroatoms. The maximum Gasteiger partial charge on any atom is 0.257 e. The van der Waals surface area contributed by atoms with Crippen molar-refractivity contribution < 1.29 is 18.9 Å². The predicted octanol–water partition coefficient (Wildman–Crippen LogP) is 4.16. The average molecular weight is 463 g/mol. The largest absolute Gasteiger partial charge is 0.505 e. The fourth-order valence-electron chi connectivity index (χ4n) is 4.04. The summed E-state index contributed by atoms with van der Waals surface area (Å²) in [6.07, 6.45) is 2.65. The quantitative estimate of drug-likeness (QED) is 0.342. The topological polar surface area (TPSA) is 142 Å². The van der Waals surface area contributed by atoms with Crippen LogP contribution in [-0.2, 0) is 0 Å². The summed E-state index contributed by atoms with van der Waals surface area (Å²) in [5, 5.41) is 24.9. The summed E-state index contributed by atoms with van der Waals surface area (Å²) in [5.41, 5.74) is 0.996. The number of anilines is 3. The van der Waals surface area contributed by atoms with Gasteiger partial charge in [-0.3, -0.25) is 4.79 Å². The third kappa shape index (κ3) is 4.12. The molecule has 176 valence electrons. The number of likely N-dealkylation sites (tertiary alicyclic amines) is 1. The van der Waals surface area contributed by atoms with Gasteiger partial charge in [0.15, 0.2) is 17.4 Å². The molecule has 0 radical (unpaired) electrons. The Hall–Kier alpha value is -4.15. The van der Waals surface area contributed by atoms with Crippen LogP contribution in [0.4, 0.5) is 17.3 Å². The fraction of sp³-hybridized carbons (Fsp3) is 0.348. The van der Waals surface area contributed by atoms with Gasteiger partial charge in [-0.05, 0) is 60.8 Å². The number of para-hydroxylation sites is 1. The number of hydrogen-bond donors (Lipinski definition) is 3. The van der Waals surface area contributed by atoms with Crippen molar-refractivity contribution >= 4 is 34.5 Å². The van der Waals surface area contributed by atoms with Crippen LogP contribution in [0, 0.1) is 6.92 Å². The van der Waals surface area contributed by atoms with Gasteiger partial charge in [-0.1, -0.05) is 13.0 Å². The van der Waals surface area contributed by atoms with Crippen molar-refractivity contribution in [1.29, 1.82) is 0 Å². The van der Waals surface area contributed by atoms with Crippen LogP contribution in [0.5, 0.6) is 5.75 Å². The van der Waals surface area contributed by atoms with E-state index in [0.717, 1.165) is 24.4 Å². The number of rotatable bonds is 7. The summed E-state index contributed by atoms with van der Waals surface area (Å²) in [6, 6.07) is 8.62. The third-order valence-corrected chi connectivity index (χ3v) is 5.85. The van der Waals surface area contributed by atoms with Gasteiger partial charge in [0.1, 0.15) is 11.5 Å². The van der Waals surface area contributed by atoms with E-state index in [1.807, 2.05) is 26.0 Å². The van der Waals surface area contributed by atoms with Crippen molar-refractivity contribution in [2.45, 2.75) is 39.2 Å². The Labute approximate surface area is 195 Å². The SMILES string of the molecule is CC[C@@H](Nc1nc2nonc2nc1Nc1cccc(C(=O)N2CCCC2)c1O)c1ccc(C)o1. The molecule has 34 heavy (non-hydrogen) atoms. The number of benzene rings is 1. The number of phenolic OH excluding ortho intramolecular Hbond substituents is 1. The molecule has 0 spiro atoms. The molecule has 0 aliphatic carbocycles. The normalized spacial score (nSPS) is 14.5. The highest BCUT2D eigenvalue weighted by molar-refractivity contribution is 5.99. The first-order valence-corrected chi connectivity index (χ1v) is 11.2. The number of nitrogens with zero attached hydrogens (tertiary/aromatic N) is 5. The van der Waals surface area contributed by atoms with E-state index in [2.05, 4.69) is 30.9 Å². The number of aromatic hydroxyl groups is 1. The van der Waals surface area contributed by atoms with E-state index in [4.69, 9.17) is 9.05 Å². The minimum Gasteiger partial charge on any atom is -0.505 e. The van der Waals surface area contributed by atoms with E-state index in [0.29, 0.717) is 36.8 Å². The first kappa shape index (κ1) is 21.7. The number of carbonyl (C=O) groups excluding carboxylic acids is 1. The number of hydrogen-bond acceptors (Lipinski definition) is 10. The first-order valence-electron chi connectivity index (χ1n) is 11.2. The van der Waals surface area contributed by atoms with Gasteiger partial charge in [0.05, 0.1) is 17.3 Å². The Morgan fingerprint density at radius 3 is 2.53 bits per heavy atom. The molecule has 0 saturated carbocycles. The molecule has 4 heterocycles. The summed E-state index contributed by atoms with van der Waals surface area (Å²) < 4.78 is 10.6. The highest BCUT2D eigenvalue weighted by Crippen LogP contribution is 2.34. The molecule has 1 amide bonds. The average Bonchev–Trinajstić information content (AvgIpc) is 3.60. The van der Waals surface area contributed by atoms with E-state index in [9.17, 15) is 9.90 Å². The lowest BCUT2D eigenvalue weighted by Gasteiger charge is -2.19. The number of aryl methyl sites for hydroxylation is 1. The Morgan fingerprint density at radius 2 is 1.85 bits per heavy atom. The molecule has 11 nitrogen and oxygen atoms in total. The van der Waals surface area contributed by atoms with E-state index in [1.165, 1.54) is 0 Å². The third-order valence-electron chi connectivity index (χ3n) is 5.85. The number of phenols is 1. The summed E-state index contributed by atoms with van der Waals surface area (Å²) in [6.45, 7) is 5.28. The highest BCUT2D eigenvalue weighted by atomic mass is 16.6. The molecule has 3 N–H and O–H groups in total. The molecular weight excluding hydrogens is 438 g/mol. The van der Waals surface area contributed by atoms with Crippen molar-refractivity contribution in [1.82, 2.24) is 25.2 Å². The predicted molar refractivity (Wildman–Crippen MR) is 124 cm³/mol. The molecule has 4 aromatic rings. The van der Waals surface area contributed by atoms with Gasteiger partial charge in [-0.15, -0.1) is 0 Å². The van der Waals surface area contributed by atoms with Gasteiger partial charge in [0.2, 0.25) is 11.3 Å². The minimum atomic E-state index is -0.196. The Balaban J connectivity index is 1.49. The number of amides is 1. The van der Waals surface area contributed by atoms with Crippen LogP contribution in [0.3, 0.4) is 0 Å². The second-order valence-electron chi connectivity index (χ2n) is 8.21. The van der Waals surface area contributed by atoms with Gasteiger partial charge in [0, 0.05) is 13.1 Å². The smallest absolute Gasteiger partial charge is 0.257 e. The zero-order chi connectivity index (χ0) is 23.7. The monoisotopic (exact) mass is 463 g/mol. The first-order chi connectivity index (χ1) is 16.5. The van der Waals surface area contributed by atoms with Gasteiger partial charge in [-0.2, -0.15) is 0 Å². The van der Waals surface area contributed by atoms with Gasteiger partial charge in [0.25, 0.3) is 5.91 Å². The summed E-state index contributed by atoms with van der Waals surface area (Å²) >= 11 is 0. The molecule has 1 atom stereocenters. The molecule has 0 bridgehead atoms. The molecule has 3 aromatic heterocycles. The lowest BCUT2D eigenvalue weighted by atomic mass is 10.1. The summed E-state index contributed by atoms with van der Waals surface area (Å²) in [7, 11) is 0. The number of fused-ring (bicyclic) bond motifs is 1. The molecule has 1 aliphatic rings. The van der Waals surface area contributed by atoms with Crippen LogP contribution in [0.25, 0.3) is 11.3 Å². The second-order valence-corrected chi connectivity index (χ2v) is 8.21. The minimum absolute atomic E-state index is 0.153. The molecule has 1 aliphatic heterocycles. The molecule has 1 aromatic carbocycles. The fourth-order valence-corrected chi connectivity index (χ4v) is 4.04. The molecule has 1 fully saturated rings. The van der Waals surface area contributed by atoms with Crippen LogP contribution in [0.15, 0.2) is 39.4 Å². The maximum atomic E-state index is 12.9. The van der Waals surface area contributed by atoms with Gasteiger partial charge >= 0.3 is 0 Å². The lowest BCUT2D eigenvalue weighted by Crippen LogP contribution is -2.27. The van der Waals surface area contributed by atoms with Gasteiger partial charge < -0.3 is 25.1 Å². The zero-order valence-electron chi connectivity index (χ0n) is 18.9. The van der Waals surface area contributed by atoms with Crippen LogP contribution in [0.1, 0.15) is 54.1 Å². The maximum absolute atomic E-state index is 12.9. The lowest BCUT2D eigenvalue weighted by molar-refractivity contribution is 0.0790. The molecule has 1 saturated heterocycles. The van der Waals surface area contributed by atoms with E-state index in [1.54, 1.807) is 23.1 Å². The van der Waals surface area contributed by atoms with Crippen LogP contribution in [0.2, 0.25) is 0 Å². The zero-order valence-corrected chi connectivity index (χ0v) is 18.9. The van der Waals surface area contributed by atoms with Crippen molar-refractivity contribution in [3.05, 3.63) is 47.4 Å². The second kappa shape index (κ2) is 9.00. The highest BCUT2D eigenvalue weighted by Gasteiger charge is 2.24.